The third kappa shape index (κ3) is 2.62. The van der Waals surface area contributed by atoms with Crippen molar-refractivity contribution in [3.05, 3.63) is 16.6 Å². The molecule has 1 aliphatic carbocycles. The van der Waals surface area contributed by atoms with Gasteiger partial charge in [0.05, 0.1) is 5.51 Å². The van der Waals surface area contributed by atoms with Crippen LogP contribution in [-0.2, 0) is 6.54 Å². The highest BCUT2D eigenvalue weighted by Gasteiger charge is 2.31. The minimum Gasteiger partial charge on any atom is -0.309 e. The topological polar surface area (TPSA) is 28.2 Å². The number of thiazole rings is 1. The zero-order chi connectivity index (χ0) is 10.8. The molecule has 1 aliphatic heterocycles. The molecular weight excluding hydrogens is 218 g/mol. The number of nitrogens with one attached hydrogen (secondary N) is 1. The molecule has 1 N–H and O–H groups in total. The van der Waals surface area contributed by atoms with Crippen LogP contribution in [-0.4, -0.2) is 35.1 Å². The number of likely N-dealkylation sites (tertiary alicyclic amines) is 1. The van der Waals surface area contributed by atoms with E-state index in [-0.39, 0.29) is 0 Å². The van der Waals surface area contributed by atoms with E-state index in [1.807, 2.05) is 11.7 Å². The SMILES string of the molecule is c1ncc(CNC2CCN(C3CC3)CC2)s1. The van der Waals surface area contributed by atoms with Crippen LogP contribution in [0.1, 0.15) is 30.6 Å². The highest BCUT2D eigenvalue weighted by Crippen LogP contribution is 2.29. The molecule has 0 radical (unpaired) electrons. The van der Waals surface area contributed by atoms with Crippen molar-refractivity contribution in [3.8, 4) is 0 Å². The maximum atomic E-state index is 4.10. The minimum absolute atomic E-state index is 0.720. The third-order valence-electron chi connectivity index (χ3n) is 3.64. The van der Waals surface area contributed by atoms with Crippen LogP contribution in [0.2, 0.25) is 0 Å². The van der Waals surface area contributed by atoms with Crippen molar-refractivity contribution >= 4 is 11.3 Å². The number of nitrogens with zero attached hydrogens (tertiary/aromatic N) is 2. The molecule has 0 spiro atoms. The molecule has 16 heavy (non-hydrogen) atoms. The molecule has 1 saturated heterocycles. The first-order valence-corrected chi connectivity index (χ1v) is 7.14. The summed E-state index contributed by atoms with van der Waals surface area (Å²) < 4.78 is 0. The lowest BCUT2D eigenvalue weighted by molar-refractivity contribution is 0.189. The van der Waals surface area contributed by atoms with Gasteiger partial charge in [0.15, 0.2) is 0 Å². The average Bonchev–Trinajstić information content (AvgIpc) is 3.05. The second-order valence-electron chi connectivity index (χ2n) is 4.89. The summed E-state index contributed by atoms with van der Waals surface area (Å²) in [6, 6.07) is 1.67. The van der Waals surface area contributed by atoms with Crippen molar-refractivity contribution in [2.75, 3.05) is 13.1 Å². The van der Waals surface area contributed by atoms with Crippen molar-refractivity contribution in [2.45, 2.75) is 44.3 Å². The molecule has 1 aromatic heterocycles. The van der Waals surface area contributed by atoms with Gasteiger partial charge >= 0.3 is 0 Å². The number of hydrogen-bond donors (Lipinski definition) is 1. The Morgan fingerprint density at radius 1 is 1.31 bits per heavy atom. The number of aromatic nitrogens is 1. The normalized spacial score (nSPS) is 23.8. The summed E-state index contributed by atoms with van der Waals surface area (Å²) >= 11 is 1.74. The lowest BCUT2D eigenvalue weighted by atomic mass is 10.0. The first-order chi connectivity index (χ1) is 7.92. The van der Waals surface area contributed by atoms with Crippen molar-refractivity contribution in [3.63, 3.8) is 0 Å². The van der Waals surface area contributed by atoms with Crippen LogP contribution in [0.25, 0.3) is 0 Å². The van der Waals surface area contributed by atoms with Crippen LogP contribution in [0.5, 0.6) is 0 Å². The van der Waals surface area contributed by atoms with Crippen LogP contribution >= 0.6 is 11.3 Å². The maximum absolute atomic E-state index is 4.10. The summed E-state index contributed by atoms with van der Waals surface area (Å²) in [5, 5.41) is 3.65. The van der Waals surface area contributed by atoms with E-state index in [0.717, 1.165) is 18.6 Å². The van der Waals surface area contributed by atoms with E-state index in [2.05, 4.69) is 15.2 Å². The first-order valence-electron chi connectivity index (χ1n) is 6.26. The molecule has 3 rings (SSSR count). The molecule has 3 nitrogen and oxygen atoms in total. The van der Waals surface area contributed by atoms with Gasteiger partial charge in [-0.15, -0.1) is 11.3 Å². The van der Waals surface area contributed by atoms with Gasteiger partial charge in [-0.1, -0.05) is 0 Å². The summed E-state index contributed by atoms with van der Waals surface area (Å²) in [6.45, 7) is 3.59. The molecule has 1 aromatic rings. The Bertz CT molecular complexity index is 313. The fraction of sp³-hybridized carbons (Fsp3) is 0.750. The molecule has 2 fully saturated rings. The second-order valence-corrected chi connectivity index (χ2v) is 5.86. The smallest absolute Gasteiger partial charge is 0.0794 e. The van der Waals surface area contributed by atoms with Crippen LogP contribution in [0.4, 0.5) is 0 Å². The van der Waals surface area contributed by atoms with Gasteiger partial charge in [-0.3, -0.25) is 4.98 Å². The quantitative estimate of drug-likeness (QED) is 0.866. The molecule has 0 aromatic carbocycles. The molecule has 1 saturated carbocycles. The fourth-order valence-electron chi connectivity index (χ4n) is 2.48. The number of hydrogen-bond acceptors (Lipinski definition) is 4. The van der Waals surface area contributed by atoms with Crippen molar-refractivity contribution < 1.29 is 0 Å². The summed E-state index contributed by atoms with van der Waals surface area (Å²) in [6.07, 6.45) is 7.49. The zero-order valence-electron chi connectivity index (χ0n) is 9.56. The van der Waals surface area contributed by atoms with Crippen LogP contribution in [0.3, 0.4) is 0 Å². The van der Waals surface area contributed by atoms with E-state index >= 15 is 0 Å². The third-order valence-corrected chi connectivity index (χ3v) is 4.42. The standard InChI is InChI=1S/C12H19N3S/c1-2-11(1)15-5-3-10(4-6-15)14-8-12-7-13-9-16-12/h7,9-11,14H,1-6,8H2. The Morgan fingerprint density at radius 2 is 2.12 bits per heavy atom. The van der Waals surface area contributed by atoms with Gasteiger partial charge in [-0.25, -0.2) is 0 Å². The molecule has 4 heteroatoms. The monoisotopic (exact) mass is 237 g/mol. The fourth-order valence-corrected chi connectivity index (χ4v) is 3.03. The molecule has 2 aliphatic rings. The largest absolute Gasteiger partial charge is 0.309 e. The number of rotatable bonds is 4. The highest BCUT2D eigenvalue weighted by molar-refractivity contribution is 7.09. The van der Waals surface area contributed by atoms with Crippen LogP contribution in [0, 0.1) is 0 Å². The van der Waals surface area contributed by atoms with Gasteiger partial charge in [0, 0.05) is 29.7 Å². The molecule has 0 atom stereocenters. The minimum atomic E-state index is 0.720. The van der Waals surface area contributed by atoms with E-state index in [4.69, 9.17) is 0 Å². The maximum Gasteiger partial charge on any atom is 0.0794 e. The van der Waals surface area contributed by atoms with Gasteiger partial charge in [-0.05, 0) is 38.8 Å². The van der Waals surface area contributed by atoms with Crippen molar-refractivity contribution in [2.24, 2.45) is 0 Å². The second kappa shape index (κ2) is 4.82. The van der Waals surface area contributed by atoms with Gasteiger partial charge in [0.1, 0.15) is 0 Å². The molecule has 88 valence electrons. The highest BCUT2D eigenvalue weighted by atomic mass is 32.1. The summed E-state index contributed by atoms with van der Waals surface area (Å²) in [7, 11) is 0. The molecule has 0 bridgehead atoms. The molecule has 0 amide bonds. The lowest BCUT2D eigenvalue weighted by Gasteiger charge is -2.32. The lowest BCUT2D eigenvalue weighted by Crippen LogP contribution is -2.42. The number of piperidine rings is 1. The summed E-state index contributed by atoms with van der Waals surface area (Å²) in [4.78, 5) is 8.12. The van der Waals surface area contributed by atoms with Gasteiger partial charge in [0.25, 0.3) is 0 Å². The predicted octanol–water partition coefficient (Wildman–Crippen LogP) is 1.86. The Kier molecular flexibility index (Phi) is 3.22. The zero-order valence-corrected chi connectivity index (χ0v) is 10.4. The van der Waals surface area contributed by atoms with E-state index in [1.54, 1.807) is 11.3 Å². The van der Waals surface area contributed by atoms with Crippen molar-refractivity contribution in [1.29, 1.82) is 0 Å². The summed E-state index contributed by atoms with van der Waals surface area (Å²) in [5.74, 6) is 0. The van der Waals surface area contributed by atoms with Crippen LogP contribution in [0.15, 0.2) is 11.7 Å². The van der Waals surface area contributed by atoms with E-state index in [0.29, 0.717) is 0 Å². The Hall–Kier alpha value is -0.450. The van der Waals surface area contributed by atoms with Crippen LogP contribution < -0.4 is 5.32 Å². The Labute approximate surface area is 101 Å². The summed E-state index contributed by atoms with van der Waals surface area (Å²) in [5.41, 5.74) is 1.91. The molecule has 0 unspecified atom stereocenters. The van der Waals surface area contributed by atoms with E-state index in [1.165, 1.54) is 43.6 Å². The Balaban J connectivity index is 1.40. The first kappa shape index (κ1) is 10.7. The Morgan fingerprint density at radius 3 is 2.75 bits per heavy atom. The predicted molar refractivity (Wildman–Crippen MR) is 66.6 cm³/mol. The van der Waals surface area contributed by atoms with Gasteiger partial charge < -0.3 is 10.2 Å². The van der Waals surface area contributed by atoms with Gasteiger partial charge in [0.2, 0.25) is 0 Å². The van der Waals surface area contributed by atoms with Crippen molar-refractivity contribution in [1.82, 2.24) is 15.2 Å². The molecule has 2 heterocycles. The molecular formula is C12H19N3S. The average molecular weight is 237 g/mol. The van der Waals surface area contributed by atoms with E-state index in [9.17, 15) is 0 Å². The van der Waals surface area contributed by atoms with Gasteiger partial charge in [-0.2, -0.15) is 0 Å². The van der Waals surface area contributed by atoms with E-state index < -0.39 is 0 Å².